The fourth-order valence-electron chi connectivity index (χ4n) is 5.53. The number of fused-ring (bicyclic) bond motifs is 1. The number of benzene rings is 4. The third-order valence-corrected chi connectivity index (χ3v) is 8.26. The van der Waals surface area contributed by atoms with E-state index in [-0.39, 0.29) is 17.4 Å². The Kier molecular flexibility index (Phi) is 7.79. The molecule has 1 aromatic heterocycles. The summed E-state index contributed by atoms with van der Waals surface area (Å²) in [6, 6.07) is 29.4. The average Bonchev–Trinajstić information content (AvgIpc) is 3.21. The van der Waals surface area contributed by atoms with Crippen LogP contribution >= 0.6 is 0 Å². The maximum absolute atomic E-state index is 13.3. The van der Waals surface area contributed by atoms with Crippen molar-refractivity contribution in [1.29, 1.82) is 0 Å². The van der Waals surface area contributed by atoms with Gasteiger partial charge in [0.1, 0.15) is 0 Å². The lowest BCUT2D eigenvalue weighted by atomic mass is 9.85. The monoisotopic (exact) mass is 558 g/mol. The number of aromatic nitrogens is 1. The molecule has 1 heterocycles. The molecular formula is C37H38N2O3. The van der Waals surface area contributed by atoms with Crippen molar-refractivity contribution in [3.8, 4) is 11.1 Å². The van der Waals surface area contributed by atoms with Gasteiger partial charge in [0.05, 0.1) is 11.6 Å². The van der Waals surface area contributed by atoms with Gasteiger partial charge in [-0.1, -0.05) is 87.5 Å². The molecule has 1 atom stereocenters. The SMILES string of the molecule is Cc1c(C)n(Cc2ccc(-c3ccccc3C(=O)O)cc2)c2ccc(C(=O)N[C@@H](C)c3cccc(C(C)(C)C)c3)cc12. The van der Waals surface area contributed by atoms with Crippen LogP contribution in [0.1, 0.15) is 82.4 Å². The largest absolute Gasteiger partial charge is 0.478 e. The molecule has 5 heteroatoms. The third kappa shape index (κ3) is 5.73. The first-order valence-electron chi connectivity index (χ1n) is 14.4. The molecule has 0 aliphatic carbocycles. The Balaban J connectivity index is 1.37. The van der Waals surface area contributed by atoms with Crippen molar-refractivity contribution >= 4 is 22.8 Å². The maximum atomic E-state index is 13.3. The first-order valence-corrected chi connectivity index (χ1v) is 14.4. The zero-order chi connectivity index (χ0) is 30.2. The van der Waals surface area contributed by atoms with Gasteiger partial charge in [-0.3, -0.25) is 4.79 Å². The second kappa shape index (κ2) is 11.3. The number of carboxylic acids is 1. The zero-order valence-electron chi connectivity index (χ0n) is 25.2. The molecule has 0 unspecified atom stereocenters. The minimum absolute atomic E-state index is 0.0428. The number of hydrogen-bond donors (Lipinski definition) is 2. The fraction of sp³-hybridized carbons (Fsp3) is 0.243. The Morgan fingerprint density at radius 2 is 1.60 bits per heavy atom. The molecule has 0 bridgehead atoms. The number of aromatic carboxylic acids is 1. The van der Waals surface area contributed by atoms with Gasteiger partial charge in [-0.15, -0.1) is 0 Å². The molecule has 5 nitrogen and oxygen atoms in total. The molecule has 2 N–H and O–H groups in total. The summed E-state index contributed by atoms with van der Waals surface area (Å²) in [5.41, 5.74) is 9.38. The summed E-state index contributed by atoms with van der Waals surface area (Å²) in [6.45, 7) is 13.5. The van der Waals surface area contributed by atoms with Crippen LogP contribution in [0.15, 0.2) is 91.0 Å². The topological polar surface area (TPSA) is 71.3 Å². The van der Waals surface area contributed by atoms with Gasteiger partial charge in [0.2, 0.25) is 0 Å². The van der Waals surface area contributed by atoms with Gasteiger partial charge in [0.25, 0.3) is 5.91 Å². The van der Waals surface area contributed by atoms with Crippen molar-refractivity contribution in [1.82, 2.24) is 9.88 Å². The number of carbonyl (C=O) groups excluding carboxylic acids is 1. The van der Waals surface area contributed by atoms with Crippen LogP contribution in [-0.4, -0.2) is 21.6 Å². The number of amides is 1. The number of nitrogens with one attached hydrogen (secondary N) is 1. The van der Waals surface area contributed by atoms with Gasteiger partial charge >= 0.3 is 5.97 Å². The smallest absolute Gasteiger partial charge is 0.336 e. The van der Waals surface area contributed by atoms with Crippen molar-refractivity contribution < 1.29 is 14.7 Å². The molecule has 214 valence electrons. The zero-order valence-corrected chi connectivity index (χ0v) is 25.2. The van der Waals surface area contributed by atoms with Crippen LogP contribution in [0, 0.1) is 13.8 Å². The summed E-state index contributed by atoms with van der Waals surface area (Å²) in [7, 11) is 0. The summed E-state index contributed by atoms with van der Waals surface area (Å²) in [6.07, 6.45) is 0. The van der Waals surface area contributed by atoms with E-state index in [4.69, 9.17) is 0 Å². The first kappa shape index (κ1) is 28.9. The number of aryl methyl sites for hydroxylation is 1. The summed E-state index contributed by atoms with van der Waals surface area (Å²) >= 11 is 0. The summed E-state index contributed by atoms with van der Waals surface area (Å²) in [5.74, 6) is -1.02. The Morgan fingerprint density at radius 1 is 0.881 bits per heavy atom. The van der Waals surface area contributed by atoms with Gasteiger partial charge in [-0.2, -0.15) is 0 Å². The molecule has 0 saturated carbocycles. The Bertz CT molecular complexity index is 1790. The molecule has 0 radical (unpaired) electrons. The maximum Gasteiger partial charge on any atom is 0.336 e. The van der Waals surface area contributed by atoms with Crippen LogP contribution in [0.5, 0.6) is 0 Å². The van der Waals surface area contributed by atoms with Crippen molar-refractivity contribution in [2.24, 2.45) is 0 Å². The molecule has 5 aromatic rings. The lowest BCUT2D eigenvalue weighted by Gasteiger charge is -2.22. The molecule has 5 rings (SSSR count). The Morgan fingerprint density at radius 3 is 2.29 bits per heavy atom. The first-order chi connectivity index (χ1) is 19.9. The second-order valence-electron chi connectivity index (χ2n) is 12.1. The molecule has 0 fully saturated rings. The van der Waals surface area contributed by atoms with Gasteiger partial charge in [-0.25, -0.2) is 4.79 Å². The summed E-state index contributed by atoms with van der Waals surface area (Å²) in [4.78, 5) is 25.0. The van der Waals surface area contributed by atoms with E-state index in [2.05, 4.69) is 68.8 Å². The van der Waals surface area contributed by atoms with Gasteiger partial charge in [0.15, 0.2) is 0 Å². The second-order valence-corrected chi connectivity index (χ2v) is 12.1. The van der Waals surface area contributed by atoms with Crippen LogP contribution in [0.4, 0.5) is 0 Å². The summed E-state index contributed by atoms with van der Waals surface area (Å²) in [5, 5.41) is 13.8. The van der Waals surface area contributed by atoms with E-state index in [1.807, 2.05) is 61.5 Å². The highest BCUT2D eigenvalue weighted by Crippen LogP contribution is 2.30. The van der Waals surface area contributed by atoms with Gasteiger partial charge in [0, 0.05) is 28.7 Å². The highest BCUT2D eigenvalue weighted by Gasteiger charge is 2.19. The molecule has 1 amide bonds. The fourth-order valence-corrected chi connectivity index (χ4v) is 5.53. The normalized spacial score (nSPS) is 12.3. The molecule has 0 aliphatic rings. The van der Waals surface area contributed by atoms with E-state index in [0.29, 0.717) is 23.2 Å². The highest BCUT2D eigenvalue weighted by molar-refractivity contribution is 5.99. The molecule has 4 aromatic carbocycles. The van der Waals surface area contributed by atoms with Crippen LogP contribution < -0.4 is 5.32 Å². The van der Waals surface area contributed by atoms with Crippen molar-refractivity contribution in [3.63, 3.8) is 0 Å². The average molecular weight is 559 g/mol. The van der Waals surface area contributed by atoms with E-state index in [1.165, 1.54) is 5.56 Å². The predicted molar refractivity (Wildman–Crippen MR) is 170 cm³/mol. The van der Waals surface area contributed by atoms with Crippen LogP contribution in [0.2, 0.25) is 0 Å². The molecule has 0 aliphatic heterocycles. The van der Waals surface area contributed by atoms with Crippen molar-refractivity contribution in [2.45, 2.75) is 59.5 Å². The van der Waals surface area contributed by atoms with E-state index in [9.17, 15) is 14.7 Å². The third-order valence-electron chi connectivity index (χ3n) is 8.26. The van der Waals surface area contributed by atoms with Crippen LogP contribution in [0.3, 0.4) is 0 Å². The number of carbonyl (C=O) groups is 2. The number of nitrogens with zero attached hydrogens (tertiary/aromatic N) is 1. The van der Waals surface area contributed by atoms with Crippen molar-refractivity contribution in [2.75, 3.05) is 0 Å². The van der Waals surface area contributed by atoms with E-state index in [1.54, 1.807) is 12.1 Å². The number of hydrogen-bond acceptors (Lipinski definition) is 2. The lowest BCUT2D eigenvalue weighted by molar-refractivity contribution is 0.0697. The Hall–Kier alpha value is -4.64. The molecule has 0 spiro atoms. The lowest BCUT2D eigenvalue weighted by Crippen LogP contribution is -2.27. The Labute approximate surface area is 247 Å². The van der Waals surface area contributed by atoms with Gasteiger partial charge < -0.3 is 15.0 Å². The standard InChI is InChI=1S/C37H38N2O3/c1-23-25(3)39(22-26-14-16-27(17-15-26)31-12-7-8-13-32(31)36(41)42)34-19-18-29(21-33(23)34)35(40)38-24(2)28-10-9-11-30(20-28)37(4,5)6/h7-21,24H,22H2,1-6H3,(H,38,40)(H,41,42)/t24-/m0/s1. The van der Waals surface area contributed by atoms with E-state index < -0.39 is 5.97 Å². The number of carboxylic acid groups (broad SMARTS) is 1. The van der Waals surface area contributed by atoms with Crippen molar-refractivity contribution in [3.05, 3.63) is 130 Å². The van der Waals surface area contributed by atoms with E-state index in [0.717, 1.165) is 38.9 Å². The molecule has 42 heavy (non-hydrogen) atoms. The number of rotatable bonds is 7. The molecule has 0 saturated heterocycles. The minimum Gasteiger partial charge on any atom is -0.478 e. The van der Waals surface area contributed by atoms with Gasteiger partial charge in [-0.05, 0) is 83.8 Å². The molecular weight excluding hydrogens is 520 g/mol. The van der Waals surface area contributed by atoms with E-state index >= 15 is 0 Å². The highest BCUT2D eigenvalue weighted by atomic mass is 16.4. The predicted octanol–water partition coefficient (Wildman–Crippen LogP) is 8.46. The summed E-state index contributed by atoms with van der Waals surface area (Å²) < 4.78 is 2.27. The van der Waals surface area contributed by atoms with Crippen LogP contribution in [-0.2, 0) is 12.0 Å². The quantitative estimate of drug-likeness (QED) is 0.210. The minimum atomic E-state index is -0.933. The van der Waals surface area contributed by atoms with Crippen LogP contribution in [0.25, 0.3) is 22.0 Å².